The second-order valence-electron chi connectivity index (χ2n) is 5.93. The molecule has 1 aromatic carbocycles. The van der Waals surface area contributed by atoms with Gasteiger partial charge in [0.05, 0.1) is 13.2 Å². The second-order valence-corrected chi connectivity index (χ2v) is 5.93. The van der Waals surface area contributed by atoms with Gasteiger partial charge < -0.3 is 19.9 Å². The van der Waals surface area contributed by atoms with Crippen LogP contribution in [-0.2, 0) is 11.3 Å². The number of nitrogens with one attached hydrogen (secondary N) is 1. The van der Waals surface area contributed by atoms with Crippen LogP contribution in [0.2, 0.25) is 0 Å². The highest BCUT2D eigenvalue weighted by Crippen LogP contribution is 2.34. The molecule has 1 unspecified atom stereocenters. The number of fused-ring (bicyclic) bond motifs is 1. The molecule has 7 nitrogen and oxygen atoms in total. The van der Waals surface area contributed by atoms with Crippen molar-refractivity contribution in [2.75, 3.05) is 26.4 Å². The minimum absolute atomic E-state index is 0.0239. The summed E-state index contributed by atoms with van der Waals surface area (Å²) in [4.78, 5) is 12.5. The fraction of sp³-hybridized carbons (Fsp3) is 0.444. The van der Waals surface area contributed by atoms with E-state index in [1.54, 1.807) is 29.8 Å². The number of nitrogens with zero attached hydrogens (tertiary/aromatic N) is 2. The molecule has 1 aromatic heterocycles. The van der Waals surface area contributed by atoms with Gasteiger partial charge in [-0.3, -0.25) is 0 Å². The van der Waals surface area contributed by atoms with Gasteiger partial charge >= 0.3 is 5.97 Å². The SMILES string of the molecule is CCOC(=O)c1c(-c2ccccc2F)nn2c1OCC(NCCO)CC2. The van der Waals surface area contributed by atoms with E-state index in [4.69, 9.17) is 14.6 Å². The number of carbonyl (C=O) groups is 1. The van der Waals surface area contributed by atoms with E-state index in [9.17, 15) is 9.18 Å². The zero-order chi connectivity index (χ0) is 18.5. The van der Waals surface area contributed by atoms with E-state index < -0.39 is 11.8 Å². The minimum atomic E-state index is -0.589. The lowest BCUT2D eigenvalue weighted by Crippen LogP contribution is -2.36. The van der Waals surface area contributed by atoms with Crippen LogP contribution in [0.5, 0.6) is 5.88 Å². The molecule has 1 aliphatic rings. The highest BCUT2D eigenvalue weighted by atomic mass is 19.1. The van der Waals surface area contributed by atoms with Crippen LogP contribution in [0.4, 0.5) is 4.39 Å². The molecule has 3 rings (SSSR count). The van der Waals surface area contributed by atoms with E-state index in [-0.39, 0.29) is 42.0 Å². The number of aromatic nitrogens is 2. The van der Waals surface area contributed by atoms with Gasteiger partial charge in [-0.2, -0.15) is 5.10 Å². The fourth-order valence-corrected chi connectivity index (χ4v) is 2.94. The smallest absolute Gasteiger partial charge is 0.345 e. The first-order valence-corrected chi connectivity index (χ1v) is 8.65. The number of aliphatic hydroxyl groups is 1. The Labute approximate surface area is 150 Å². The van der Waals surface area contributed by atoms with Crippen molar-refractivity contribution >= 4 is 5.97 Å². The predicted molar refractivity (Wildman–Crippen MR) is 92.6 cm³/mol. The van der Waals surface area contributed by atoms with Crippen molar-refractivity contribution in [1.82, 2.24) is 15.1 Å². The summed E-state index contributed by atoms with van der Waals surface area (Å²) >= 11 is 0. The van der Waals surface area contributed by atoms with Gasteiger partial charge in [-0.25, -0.2) is 13.9 Å². The van der Waals surface area contributed by atoms with E-state index in [1.807, 2.05) is 0 Å². The Morgan fingerprint density at radius 2 is 2.31 bits per heavy atom. The van der Waals surface area contributed by atoms with E-state index in [0.29, 0.717) is 26.1 Å². The number of aliphatic hydroxyl groups excluding tert-OH is 1. The van der Waals surface area contributed by atoms with E-state index in [2.05, 4.69) is 10.4 Å². The van der Waals surface area contributed by atoms with Crippen LogP contribution in [0.3, 0.4) is 0 Å². The molecule has 26 heavy (non-hydrogen) atoms. The number of halogens is 1. The average molecular weight is 363 g/mol. The Morgan fingerprint density at radius 3 is 3.04 bits per heavy atom. The molecule has 0 aliphatic carbocycles. The highest BCUT2D eigenvalue weighted by Gasteiger charge is 2.31. The van der Waals surface area contributed by atoms with Gasteiger partial charge in [0.2, 0.25) is 5.88 Å². The van der Waals surface area contributed by atoms with Gasteiger partial charge in [0.1, 0.15) is 23.7 Å². The molecule has 2 aromatic rings. The van der Waals surface area contributed by atoms with Gasteiger partial charge in [0.25, 0.3) is 0 Å². The number of hydrogen-bond donors (Lipinski definition) is 2. The molecule has 0 amide bonds. The Hall–Kier alpha value is -2.45. The summed E-state index contributed by atoms with van der Waals surface area (Å²) in [5.41, 5.74) is 0.591. The summed E-state index contributed by atoms with van der Waals surface area (Å²) in [6, 6.07) is 6.19. The summed E-state index contributed by atoms with van der Waals surface area (Å²) in [5.74, 6) is -0.766. The third kappa shape index (κ3) is 3.71. The zero-order valence-electron chi connectivity index (χ0n) is 14.6. The van der Waals surface area contributed by atoms with Crippen molar-refractivity contribution in [3.63, 3.8) is 0 Å². The molecule has 1 aliphatic heterocycles. The van der Waals surface area contributed by atoms with Crippen molar-refractivity contribution in [2.45, 2.75) is 25.9 Å². The Morgan fingerprint density at radius 1 is 1.50 bits per heavy atom. The lowest BCUT2D eigenvalue weighted by atomic mass is 10.1. The van der Waals surface area contributed by atoms with E-state index >= 15 is 0 Å². The van der Waals surface area contributed by atoms with Crippen molar-refractivity contribution in [2.24, 2.45) is 0 Å². The summed E-state index contributed by atoms with van der Waals surface area (Å²) in [5, 5.41) is 16.6. The van der Waals surface area contributed by atoms with Crippen LogP contribution in [0, 0.1) is 5.82 Å². The van der Waals surface area contributed by atoms with Crippen LogP contribution in [0.15, 0.2) is 24.3 Å². The zero-order valence-corrected chi connectivity index (χ0v) is 14.6. The molecule has 0 fully saturated rings. The molecule has 0 spiro atoms. The molecular weight excluding hydrogens is 341 g/mol. The third-order valence-corrected chi connectivity index (χ3v) is 4.17. The first kappa shape index (κ1) is 18.3. The number of esters is 1. The Balaban J connectivity index is 1.99. The molecule has 0 radical (unpaired) electrons. The van der Waals surface area contributed by atoms with Crippen LogP contribution in [0.25, 0.3) is 11.3 Å². The summed E-state index contributed by atoms with van der Waals surface area (Å²) in [7, 11) is 0. The van der Waals surface area contributed by atoms with Crippen LogP contribution >= 0.6 is 0 Å². The lowest BCUT2D eigenvalue weighted by Gasteiger charge is -2.15. The van der Waals surface area contributed by atoms with Gasteiger partial charge in [0, 0.05) is 24.7 Å². The molecule has 0 saturated carbocycles. The number of ether oxygens (including phenoxy) is 2. The van der Waals surface area contributed by atoms with Crippen molar-refractivity contribution in [3.05, 3.63) is 35.6 Å². The quantitative estimate of drug-likeness (QED) is 0.759. The number of aryl methyl sites for hydroxylation is 1. The molecular formula is C18H22FN3O4. The van der Waals surface area contributed by atoms with Gasteiger partial charge in [-0.15, -0.1) is 0 Å². The van der Waals surface area contributed by atoms with Gasteiger partial charge in [-0.05, 0) is 25.5 Å². The second kappa shape index (κ2) is 8.29. The predicted octanol–water partition coefficient (Wildman–Crippen LogP) is 1.60. The number of hydrogen-bond acceptors (Lipinski definition) is 6. The molecule has 1 atom stereocenters. The number of benzene rings is 1. The van der Waals surface area contributed by atoms with Gasteiger partial charge in [0.15, 0.2) is 0 Å². The van der Waals surface area contributed by atoms with E-state index in [0.717, 1.165) is 0 Å². The Kier molecular flexibility index (Phi) is 5.85. The highest BCUT2D eigenvalue weighted by molar-refractivity contribution is 5.98. The standard InChI is InChI=1S/C18H22FN3O4/c1-2-25-18(24)15-16(13-5-3-4-6-14(13)19)21-22-9-7-12(20-8-10-23)11-26-17(15)22/h3-6,12,20,23H,2,7-11H2,1H3. The van der Waals surface area contributed by atoms with Crippen LogP contribution < -0.4 is 10.1 Å². The van der Waals surface area contributed by atoms with Crippen LogP contribution in [-0.4, -0.2) is 53.3 Å². The molecule has 8 heteroatoms. The summed E-state index contributed by atoms with van der Waals surface area (Å²) in [6.45, 7) is 3.21. The first-order valence-electron chi connectivity index (χ1n) is 8.65. The van der Waals surface area contributed by atoms with Gasteiger partial charge in [-0.1, -0.05) is 12.1 Å². The third-order valence-electron chi connectivity index (χ3n) is 4.17. The molecule has 0 saturated heterocycles. The summed E-state index contributed by atoms with van der Waals surface area (Å²) < 4.78 is 26.8. The Bertz CT molecular complexity index is 778. The molecule has 2 N–H and O–H groups in total. The maximum absolute atomic E-state index is 14.3. The first-order chi connectivity index (χ1) is 12.7. The normalized spacial score (nSPS) is 16.5. The van der Waals surface area contributed by atoms with Crippen molar-refractivity contribution in [3.8, 4) is 17.1 Å². The topological polar surface area (TPSA) is 85.6 Å². The van der Waals surface area contributed by atoms with E-state index in [1.165, 1.54) is 6.07 Å². The molecule has 140 valence electrons. The minimum Gasteiger partial charge on any atom is -0.476 e. The number of rotatable bonds is 6. The monoisotopic (exact) mass is 363 g/mol. The van der Waals surface area contributed by atoms with Crippen molar-refractivity contribution < 1.29 is 23.8 Å². The summed E-state index contributed by atoms with van der Waals surface area (Å²) in [6.07, 6.45) is 0.702. The largest absolute Gasteiger partial charge is 0.476 e. The van der Waals surface area contributed by atoms with Crippen LogP contribution in [0.1, 0.15) is 23.7 Å². The lowest BCUT2D eigenvalue weighted by molar-refractivity contribution is 0.0522. The fourth-order valence-electron chi connectivity index (χ4n) is 2.94. The maximum atomic E-state index is 14.3. The average Bonchev–Trinajstić information content (AvgIpc) is 2.88. The van der Waals surface area contributed by atoms with Crippen molar-refractivity contribution in [1.29, 1.82) is 0 Å². The number of carbonyl (C=O) groups excluding carboxylic acids is 1. The maximum Gasteiger partial charge on any atom is 0.345 e. The molecule has 2 heterocycles. The molecule has 0 bridgehead atoms.